The topological polar surface area (TPSA) is 73.8 Å². The van der Waals surface area contributed by atoms with Crippen molar-refractivity contribution in [2.75, 3.05) is 0 Å². The Morgan fingerprint density at radius 1 is 1.19 bits per heavy atom. The molecule has 0 aliphatic carbocycles. The summed E-state index contributed by atoms with van der Waals surface area (Å²) < 4.78 is 1.88. The first kappa shape index (κ1) is 19.7. The van der Waals surface area contributed by atoms with Crippen LogP contribution in [0.4, 0.5) is 0 Å². The monoisotopic (exact) mass is 420 g/mol. The molecule has 1 aromatic heterocycles. The second-order valence-corrected chi connectivity index (χ2v) is 8.01. The van der Waals surface area contributed by atoms with E-state index in [0.29, 0.717) is 27.4 Å². The highest BCUT2D eigenvalue weighted by Gasteiger charge is 2.22. The Bertz CT molecular complexity index is 972. The van der Waals surface area contributed by atoms with Gasteiger partial charge in [0.05, 0.1) is 10.9 Å². The van der Waals surface area contributed by atoms with E-state index in [2.05, 4.69) is 10.2 Å². The van der Waals surface area contributed by atoms with Crippen LogP contribution in [0.5, 0.6) is 0 Å². The molecule has 5 nitrogen and oxygen atoms in total. The van der Waals surface area contributed by atoms with Crippen LogP contribution in [0.1, 0.15) is 18.9 Å². The van der Waals surface area contributed by atoms with E-state index in [4.69, 9.17) is 28.9 Å². The molecule has 1 heterocycles. The molecule has 0 fully saturated rings. The van der Waals surface area contributed by atoms with Gasteiger partial charge in [-0.2, -0.15) is 0 Å². The van der Waals surface area contributed by atoms with Crippen molar-refractivity contribution in [1.29, 1.82) is 0 Å². The largest absolute Gasteiger partial charge is 0.369 e. The Kier molecular flexibility index (Phi) is 6.09. The van der Waals surface area contributed by atoms with E-state index in [9.17, 15) is 4.79 Å². The third-order valence-corrected chi connectivity index (χ3v) is 6.07. The van der Waals surface area contributed by atoms with Gasteiger partial charge in [-0.25, -0.2) is 0 Å². The van der Waals surface area contributed by atoms with Gasteiger partial charge in [-0.1, -0.05) is 48.0 Å². The summed E-state index contributed by atoms with van der Waals surface area (Å²) in [5.74, 6) is 0.250. The number of nitrogens with zero attached hydrogens (tertiary/aromatic N) is 3. The molecule has 3 rings (SSSR count). The molecule has 3 aromatic rings. The fourth-order valence-corrected chi connectivity index (χ4v) is 3.78. The Morgan fingerprint density at radius 3 is 2.48 bits per heavy atom. The molecule has 1 unspecified atom stereocenters. The molecule has 0 radical (unpaired) electrons. The van der Waals surface area contributed by atoms with Gasteiger partial charge in [0.1, 0.15) is 0 Å². The summed E-state index contributed by atoms with van der Waals surface area (Å²) in [6, 6.07) is 13.1. The lowest BCUT2D eigenvalue weighted by Crippen LogP contribution is -2.25. The summed E-state index contributed by atoms with van der Waals surface area (Å²) in [5.41, 5.74) is 8.14. The summed E-state index contributed by atoms with van der Waals surface area (Å²) in [7, 11) is 0. The van der Waals surface area contributed by atoms with Crippen LogP contribution in [-0.2, 0) is 4.79 Å². The molecule has 0 saturated carbocycles. The molecule has 2 N–H and O–H groups in total. The van der Waals surface area contributed by atoms with E-state index in [1.54, 1.807) is 12.1 Å². The maximum absolute atomic E-state index is 11.7. The highest BCUT2D eigenvalue weighted by molar-refractivity contribution is 8.00. The van der Waals surface area contributed by atoms with E-state index in [1.165, 1.54) is 11.8 Å². The average molecular weight is 421 g/mol. The Balaban J connectivity index is 2.15. The smallest absolute Gasteiger partial charge is 0.231 e. The van der Waals surface area contributed by atoms with Gasteiger partial charge in [-0.05, 0) is 55.3 Å². The SMILES string of the molecule is CCC(Sc1nnc(-c2ccc(Cl)cc2)n1-c1ccc(C)c(Cl)c1)C(N)=O. The number of hydrogen-bond acceptors (Lipinski definition) is 4. The van der Waals surface area contributed by atoms with Crippen molar-refractivity contribution < 1.29 is 4.79 Å². The molecule has 1 atom stereocenters. The zero-order valence-corrected chi connectivity index (χ0v) is 17.1. The standard InChI is InChI=1S/C19H18Cl2N4OS/c1-3-16(17(22)26)27-19-24-23-18(12-5-7-13(20)8-6-12)25(19)14-9-4-11(2)15(21)10-14/h4-10,16H,3H2,1-2H3,(H2,22,26). The van der Waals surface area contributed by atoms with Crippen LogP contribution in [0.25, 0.3) is 17.1 Å². The van der Waals surface area contributed by atoms with Crippen molar-refractivity contribution in [2.24, 2.45) is 5.73 Å². The third kappa shape index (κ3) is 4.29. The lowest BCUT2D eigenvalue weighted by atomic mass is 10.2. The quantitative estimate of drug-likeness (QED) is 0.575. The molecule has 8 heteroatoms. The minimum Gasteiger partial charge on any atom is -0.369 e. The molecular weight excluding hydrogens is 403 g/mol. The normalized spacial score (nSPS) is 12.1. The number of amides is 1. The van der Waals surface area contributed by atoms with Crippen molar-refractivity contribution in [1.82, 2.24) is 14.8 Å². The summed E-state index contributed by atoms with van der Waals surface area (Å²) in [6.45, 7) is 3.85. The highest BCUT2D eigenvalue weighted by Crippen LogP contribution is 2.32. The molecule has 27 heavy (non-hydrogen) atoms. The Labute approximate surface area is 171 Å². The number of aromatic nitrogens is 3. The van der Waals surface area contributed by atoms with Crippen molar-refractivity contribution in [2.45, 2.75) is 30.7 Å². The van der Waals surface area contributed by atoms with Crippen molar-refractivity contribution in [3.05, 3.63) is 58.1 Å². The molecule has 0 aliphatic rings. The molecule has 140 valence electrons. The van der Waals surface area contributed by atoms with Crippen LogP contribution in [-0.4, -0.2) is 25.9 Å². The van der Waals surface area contributed by atoms with Gasteiger partial charge in [0, 0.05) is 15.6 Å². The Hall–Kier alpha value is -2.02. The average Bonchev–Trinajstić information content (AvgIpc) is 3.06. The molecular formula is C19H18Cl2N4OS. The first-order valence-corrected chi connectivity index (χ1v) is 9.98. The van der Waals surface area contributed by atoms with Crippen LogP contribution in [0.3, 0.4) is 0 Å². The lowest BCUT2D eigenvalue weighted by molar-refractivity contribution is -0.117. The number of aryl methyl sites for hydroxylation is 1. The molecule has 0 saturated heterocycles. The number of rotatable bonds is 6. The van der Waals surface area contributed by atoms with Gasteiger partial charge < -0.3 is 5.73 Å². The predicted octanol–water partition coefficient (Wildman–Crippen LogP) is 4.91. The second kappa shape index (κ2) is 8.33. The minimum atomic E-state index is -0.396. The van der Waals surface area contributed by atoms with Crippen LogP contribution in [0.15, 0.2) is 47.6 Å². The number of benzene rings is 2. The highest BCUT2D eigenvalue weighted by atomic mass is 35.5. The number of halogens is 2. The summed E-state index contributed by atoms with van der Waals surface area (Å²) in [5, 5.41) is 10.1. The number of thioether (sulfide) groups is 1. The van der Waals surface area contributed by atoms with Gasteiger partial charge in [0.25, 0.3) is 0 Å². The van der Waals surface area contributed by atoms with Crippen molar-refractivity contribution >= 4 is 40.9 Å². The van der Waals surface area contributed by atoms with Gasteiger partial charge in [-0.3, -0.25) is 9.36 Å². The number of nitrogens with two attached hydrogens (primary N) is 1. The van der Waals surface area contributed by atoms with Crippen molar-refractivity contribution in [3.63, 3.8) is 0 Å². The molecule has 0 bridgehead atoms. The fourth-order valence-electron chi connectivity index (χ4n) is 2.56. The van der Waals surface area contributed by atoms with Gasteiger partial charge in [-0.15, -0.1) is 10.2 Å². The number of carbonyl (C=O) groups is 1. The number of carbonyl (C=O) groups excluding carboxylic acids is 1. The molecule has 1 amide bonds. The zero-order valence-electron chi connectivity index (χ0n) is 14.8. The summed E-state index contributed by atoms with van der Waals surface area (Å²) >= 11 is 13.6. The van der Waals surface area contributed by atoms with E-state index in [-0.39, 0.29) is 5.91 Å². The van der Waals surface area contributed by atoms with Crippen molar-refractivity contribution in [3.8, 4) is 17.1 Å². The summed E-state index contributed by atoms with van der Waals surface area (Å²) in [4.78, 5) is 11.7. The maximum atomic E-state index is 11.7. The third-order valence-electron chi connectivity index (χ3n) is 4.09. The lowest BCUT2D eigenvalue weighted by Gasteiger charge is -2.14. The first-order valence-electron chi connectivity index (χ1n) is 8.34. The van der Waals surface area contributed by atoms with Crippen LogP contribution >= 0.6 is 35.0 Å². The Morgan fingerprint density at radius 2 is 1.89 bits per heavy atom. The van der Waals surface area contributed by atoms with Gasteiger partial charge in [0.2, 0.25) is 5.91 Å². The van der Waals surface area contributed by atoms with Crippen LogP contribution < -0.4 is 5.73 Å². The van der Waals surface area contributed by atoms with E-state index in [1.807, 2.05) is 48.7 Å². The summed E-state index contributed by atoms with van der Waals surface area (Å²) in [6.07, 6.45) is 0.595. The van der Waals surface area contributed by atoms with E-state index in [0.717, 1.165) is 16.8 Å². The molecule has 0 spiro atoms. The van der Waals surface area contributed by atoms with E-state index < -0.39 is 5.25 Å². The van der Waals surface area contributed by atoms with Gasteiger partial charge >= 0.3 is 0 Å². The van der Waals surface area contributed by atoms with E-state index >= 15 is 0 Å². The predicted molar refractivity (Wildman–Crippen MR) is 111 cm³/mol. The minimum absolute atomic E-state index is 0.382. The molecule has 2 aromatic carbocycles. The maximum Gasteiger partial charge on any atom is 0.231 e. The first-order chi connectivity index (χ1) is 12.9. The fraction of sp³-hybridized carbons (Fsp3) is 0.211. The van der Waals surface area contributed by atoms with Crippen LogP contribution in [0.2, 0.25) is 10.0 Å². The second-order valence-electron chi connectivity index (χ2n) is 6.00. The number of hydrogen-bond donors (Lipinski definition) is 1. The zero-order chi connectivity index (χ0) is 19.6. The van der Waals surface area contributed by atoms with Gasteiger partial charge in [0.15, 0.2) is 11.0 Å². The molecule has 0 aliphatic heterocycles. The number of primary amides is 1. The van der Waals surface area contributed by atoms with Crippen LogP contribution in [0, 0.1) is 6.92 Å².